The van der Waals surface area contributed by atoms with Crippen LogP contribution in [0.4, 0.5) is 17.6 Å². The molecular formula is C14H8ClF4NO3. The summed E-state index contributed by atoms with van der Waals surface area (Å²) < 4.78 is 52.0. The molecule has 0 fully saturated rings. The van der Waals surface area contributed by atoms with Gasteiger partial charge in [0, 0.05) is 5.56 Å². The van der Waals surface area contributed by atoms with Crippen molar-refractivity contribution in [3.05, 3.63) is 56.2 Å². The summed E-state index contributed by atoms with van der Waals surface area (Å²) in [5.41, 5.74) is -3.93. The number of carbonyl (C=O) groups is 1. The molecule has 9 heteroatoms. The second-order valence-electron chi connectivity index (χ2n) is 4.68. The van der Waals surface area contributed by atoms with E-state index in [4.69, 9.17) is 16.7 Å². The van der Waals surface area contributed by atoms with Gasteiger partial charge in [-0.05, 0) is 30.7 Å². The maximum absolute atomic E-state index is 14.0. The summed E-state index contributed by atoms with van der Waals surface area (Å²) in [6, 6.07) is 2.15. The van der Waals surface area contributed by atoms with E-state index >= 15 is 0 Å². The number of aromatic nitrogens is 1. The highest BCUT2D eigenvalue weighted by atomic mass is 35.5. The lowest BCUT2D eigenvalue weighted by Gasteiger charge is -2.12. The molecule has 4 nitrogen and oxygen atoms in total. The molecule has 2 aromatic rings. The molecule has 0 amide bonds. The molecular weight excluding hydrogens is 342 g/mol. The number of pyridine rings is 1. The Morgan fingerprint density at radius 2 is 1.87 bits per heavy atom. The zero-order valence-electron chi connectivity index (χ0n) is 11.4. The molecule has 0 aliphatic heterocycles. The highest BCUT2D eigenvalue weighted by Gasteiger charge is 2.33. The first-order valence-corrected chi connectivity index (χ1v) is 6.44. The standard InChI is InChI=1S/C14H8ClF4NO3/c1-5-2-10(14(17,18)19)20-12(21)11(5)7-3-6(13(22)23)8(15)4-9(7)16/h2-4H,1H3,(H,20,21)(H,22,23). The van der Waals surface area contributed by atoms with Crippen molar-refractivity contribution in [3.63, 3.8) is 0 Å². The molecule has 1 heterocycles. The third kappa shape index (κ3) is 3.21. The fraction of sp³-hybridized carbons (Fsp3) is 0.143. The highest BCUT2D eigenvalue weighted by Crippen LogP contribution is 2.32. The number of alkyl halides is 3. The second-order valence-corrected chi connectivity index (χ2v) is 5.09. The van der Waals surface area contributed by atoms with Crippen molar-refractivity contribution in [1.29, 1.82) is 0 Å². The monoisotopic (exact) mass is 349 g/mol. The zero-order chi connectivity index (χ0) is 17.5. The fourth-order valence-corrected chi connectivity index (χ4v) is 2.31. The summed E-state index contributed by atoms with van der Waals surface area (Å²) in [6.07, 6.45) is -4.77. The molecule has 0 atom stereocenters. The van der Waals surface area contributed by atoms with Crippen molar-refractivity contribution < 1.29 is 27.5 Å². The number of hydrogen-bond acceptors (Lipinski definition) is 2. The van der Waals surface area contributed by atoms with Gasteiger partial charge in [0.05, 0.1) is 16.1 Å². The minimum atomic E-state index is -4.77. The molecule has 23 heavy (non-hydrogen) atoms. The smallest absolute Gasteiger partial charge is 0.431 e. The Bertz CT molecular complexity index is 858. The molecule has 0 radical (unpaired) electrons. The first-order valence-electron chi connectivity index (χ1n) is 6.06. The number of carboxylic acids is 1. The van der Waals surface area contributed by atoms with Crippen molar-refractivity contribution in [2.45, 2.75) is 13.1 Å². The van der Waals surface area contributed by atoms with E-state index in [2.05, 4.69) is 0 Å². The van der Waals surface area contributed by atoms with Gasteiger partial charge in [-0.2, -0.15) is 13.2 Å². The van der Waals surface area contributed by atoms with Crippen LogP contribution in [-0.2, 0) is 6.18 Å². The molecule has 0 bridgehead atoms. The summed E-state index contributed by atoms with van der Waals surface area (Å²) in [7, 11) is 0. The van der Waals surface area contributed by atoms with Crippen molar-refractivity contribution in [3.8, 4) is 11.1 Å². The number of benzene rings is 1. The van der Waals surface area contributed by atoms with Crippen molar-refractivity contribution in [1.82, 2.24) is 4.98 Å². The van der Waals surface area contributed by atoms with Gasteiger partial charge in [0.15, 0.2) is 0 Å². The Balaban J connectivity index is 2.76. The van der Waals surface area contributed by atoms with Gasteiger partial charge < -0.3 is 10.1 Å². The van der Waals surface area contributed by atoms with Crippen molar-refractivity contribution in [2.24, 2.45) is 0 Å². The number of H-pyrrole nitrogens is 1. The van der Waals surface area contributed by atoms with Gasteiger partial charge in [0.1, 0.15) is 11.5 Å². The van der Waals surface area contributed by atoms with Crippen LogP contribution in [0.25, 0.3) is 11.1 Å². The van der Waals surface area contributed by atoms with Gasteiger partial charge in [0.25, 0.3) is 5.56 Å². The first-order chi connectivity index (χ1) is 10.5. The second kappa shape index (κ2) is 5.69. The number of aromatic carboxylic acids is 1. The van der Waals surface area contributed by atoms with E-state index in [0.29, 0.717) is 12.1 Å². The van der Waals surface area contributed by atoms with Gasteiger partial charge in [-0.15, -0.1) is 0 Å². The number of halogens is 5. The first kappa shape index (κ1) is 17.0. The zero-order valence-corrected chi connectivity index (χ0v) is 12.1. The normalized spacial score (nSPS) is 11.6. The Labute approximate surface area is 131 Å². The largest absolute Gasteiger partial charge is 0.478 e. The highest BCUT2D eigenvalue weighted by molar-refractivity contribution is 6.33. The summed E-state index contributed by atoms with van der Waals surface area (Å²) in [5.74, 6) is -2.48. The Kier molecular flexibility index (Phi) is 4.21. The maximum Gasteiger partial charge on any atom is 0.431 e. The summed E-state index contributed by atoms with van der Waals surface area (Å²) >= 11 is 5.59. The molecule has 1 aromatic heterocycles. The Hall–Kier alpha value is -2.35. The van der Waals surface area contributed by atoms with E-state index in [-0.39, 0.29) is 10.6 Å². The minimum Gasteiger partial charge on any atom is -0.478 e. The van der Waals surface area contributed by atoms with Gasteiger partial charge in [-0.3, -0.25) is 4.79 Å². The van der Waals surface area contributed by atoms with Gasteiger partial charge >= 0.3 is 12.1 Å². The summed E-state index contributed by atoms with van der Waals surface area (Å²) in [5, 5.41) is 8.59. The number of rotatable bonds is 2. The van der Waals surface area contributed by atoms with E-state index in [1.54, 1.807) is 4.98 Å². The van der Waals surface area contributed by atoms with Crippen LogP contribution in [0.2, 0.25) is 5.02 Å². The van der Waals surface area contributed by atoms with Gasteiger partial charge in [-0.1, -0.05) is 11.6 Å². The van der Waals surface area contributed by atoms with Crippen LogP contribution in [0.3, 0.4) is 0 Å². The number of nitrogens with one attached hydrogen (secondary N) is 1. The molecule has 0 unspecified atom stereocenters. The summed E-state index contributed by atoms with van der Waals surface area (Å²) in [4.78, 5) is 24.6. The van der Waals surface area contributed by atoms with Crippen LogP contribution in [0.5, 0.6) is 0 Å². The number of carboxylic acid groups (broad SMARTS) is 1. The van der Waals surface area contributed by atoms with Gasteiger partial charge in [0.2, 0.25) is 0 Å². The van der Waals surface area contributed by atoms with Crippen molar-refractivity contribution >= 4 is 17.6 Å². The molecule has 0 aliphatic rings. The van der Waals surface area contributed by atoms with Crippen LogP contribution in [0.1, 0.15) is 21.6 Å². The Morgan fingerprint density at radius 3 is 2.35 bits per heavy atom. The lowest BCUT2D eigenvalue weighted by atomic mass is 9.99. The molecule has 0 aliphatic carbocycles. The van der Waals surface area contributed by atoms with Crippen LogP contribution >= 0.6 is 11.6 Å². The lowest BCUT2D eigenvalue weighted by Crippen LogP contribution is -2.19. The third-order valence-electron chi connectivity index (χ3n) is 3.09. The molecule has 122 valence electrons. The molecule has 1 aromatic carbocycles. The SMILES string of the molecule is Cc1cc(C(F)(F)F)[nH]c(=O)c1-c1cc(C(=O)O)c(Cl)cc1F. The van der Waals surface area contributed by atoms with E-state index in [0.717, 1.165) is 6.07 Å². The van der Waals surface area contributed by atoms with Crippen LogP contribution in [-0.4, -0.2) is 16.1 Å². The average molecular weight is 350 g/mol. The predicted molar refractivity (Wildman–Crippen MR) is 74.2 cm³/mol. The molecule has 0 spiro atoms. The summed E-state index contributed by atoms with van der Waals surface area (Å²) in [6.45, 7) is 1.19. The van der Waals surface area contributed by atoms with Crippen molar-refractivity contribution in [2.75, 3.05) is 0 Å². The van der Waals surface area contributed by atoms with E-state index in [9.17, 15) is 27.2 Å². The molecule has 2 N–H and O–H groups in total. The predicted octanol–water partition coefficient (Wildman–Crippen LogP) is 3.86. The number of aromatic amines is 1. The fourth-order valence-electron chi connectivity index (χ4n) is 2.08. The number of hydrogen-bond donors (Lipinski definition) is 2. The van der Waals surface area contributed by atoms with E-state index in [1.165, 1.54) is 6.92 Å². The average Bonchev–Trinajstić information content (AvgIpc) is 2.38. The quantitative estimate of drug-likeness (QED) is 0.809. The topological polar surface area (TPSA) is 70.2 Å². The van der Waals surface area contributed by atoms with Crippen LogP contribution in [0.15, 0.2) is 23.0 Å². The maximum atomic E-state index is 14.0. The van der Waals surface area contributed by atoms with E-state index in [1.807, 2.05) is 0 Å². The third-order valence-corrected chi connectivity index (χ3v) is 3.41. The van der Waals surface area contributed by atoms with Gasteiger partial charge in [-0.25, -0.2) is 9.18 Å². The molecule has 0 saturated heterocycles. The lowest BCUT2D eigenvalue weighted by molar-refractivity contribution is -0.141. The molecule has 2 rings (SSSR count). The van der Waals surface area contributed by atoms with Crippen LogP contribution < -0.4 is 5.56 Å². The van der Waals surface area contributed by atoms with E-state index < -0.39 is 45.9 Å². The van der Waals surface area contributed by atoms with Crippen LogP contribution in [0, 0.1) is 12.7 Å². The molecule has 0 saturated carbocycles. The minimum absolute atomic E-state index is 0.154. The Morgan fingerprint density at radius 1 is 1.26 bits per heavy atom. The number of aryl methyl sites for hydroxylation is 1.